The van der Waals surface area contributed by atoms with Crippen molar-refractivity contribution in [2.24, 2.45) is 0 Å². The molecule has 0 bridgehead atoms. The van der Waals surface area contributed by atoms with Crippen molar-refractivity contribution in [1.29, 1.82) is 0 Å². The van der Waals surface area contributed by atoms with Crippen LogP contribution in [0.25, 0.3) is 31.6 Å². The molecule has 0 saturated carbocycles. The van der Waals surface area contributed by atoms with Gasteiger partial charge in [0.15, 0.2) is 0 Å². The summed E-state index contributed by atoms with van der Waals surface area (Å²) in [4.78, 5) is 17.1. The molecule has 2 N–H and O–H groups in total. The summed E-state index contributed by atoms with van der Waals surface area (Å²) in [6.45, 7) is 0. The molecule has 4 nitrogen and oxygen atoms in total. The number of benzene rings is 4. The van der Waals surface area contributed by atoms with E-state index in [0.717, 1.165) is 31.6 Å². The molecule has 1 aromatic heterocycles. The number of thiazole rings is 1. The van der Waals surface area contributed by atoms with Gasteiger partial charge < -0.3 is 10.4 Å². The molecule has 0 aliphatic heterocycles. The summed E-state index contributed by atoms with van der Waals surface area (Å²) in [6.07, 6.45) is 0.269. The Kier molecular flexibility index (Phi) is 4.65. The number of hydrogen-bond acceptors (Lipinski definition) is 4. The van der Waals surface area contributed by atoms with E-state index in [1.165, 1.54) is 11.3 Å². The van der Waals surface area contributed by atoms with Crippen LogP contribution < -0.4 is 5.32 Å². The zero-order valence-electron chi connectivity index (χ0n) is 16.0. The van der Waals surface area contributed by atoms with Gasteiger partial charge in [-0.2, -0.15) is 0 Å². The van der Waals surface area contributed by atoms with Crippen LogP contribution in [0.3, 0.4) is 0 Å². The molecule has 0 unspecified atom stereocenters. The van der Waals surface area contributed by atoms with E-state index in [1.807, 2.05) is 60.7 Å². The summed E-state index contributed by atoms with van der Waals surface area (Å²) in [5.74, 6) is -0.0324. The number of rotatable bonds is 4. The van der Waals surface area contributed by atoms with Crippen LogP contribution >= 0.6 is 11.3 Å². The maximum Gasteiger partial charge on any atom is 0.228 e. The number of carbonyl (C=O) groups is 1. The SMILES string of the molecule is O=C(Cc1ccc2ccccc2c1)Nc1ccc(-c2nc3ccccc3s2)c(O)c1. The lowest BCUT2D eigenvalue weighted by Gasteiger charge is -2.08. The molecular weight excluding hydrogens is 392 g/mol. The second-order valence-electron chi connectivity index (χ2n) is 7.13. The minimum atomic E-state index is -0.127. The van der Waals surface area contributed by atoms with Crippen molar-refractivity contribution in [1.82, 2.24) is 4.98 Å². The number of phenols is 1. The van der Waals surface area contributed by atoms with Gasteiger partial charge in [0.05, 0.1) is 22.2 Å². The fourth-order valence-electron chi connectivity index (χ4n) is 3.52. The van der Waals surface area contributed by atoms with Crippen molar-refractivity contribution < 1.29 is 9.90 Å². The van der Waals surface area contributed by atoms with E-state index >= 15 is 0 Å². The fourth-order valence-corrected chi connectivity index (χ4v) is 4.52. The summed E-state index contributed by atoms with van der Waals surface area (Å²) in [7, 11) is 0. The van der Waals surface area contributed by atoms with E-state index in [1.54, 1.807) is 18.2 Å². The molecule has 0 radical (unpaired) electrons. The number of carbonyl (C=O) groups excluding carboxylic acids is 1. The largest absolute Gasteiger partial charge is 0.507 e. The van der Waals surface area contributed by atoms with Gasteiger partial charge in [-0.15, -0.1) is 11.3 Å². The van der Waals surface area contributed by atoms with Crippen LogP contribution in [0.4, 0.5) is 5.69 Å². The Morgan fingerprint density at radius 3 is 2.53 bits per heavy atom. The number of phenolic OH excluding ortho intramolecular Hbond substituents is 1. The molecule has 0 saturated heterocycles. The maximum atomic E-state index is 12.5. The smallest absolute Gasteiger partial charge is 0.228 e. The van der Waals surface area contributed by atoms with Crippen molar-refractivity contribution in [3.63, 3.8) is 0 Å². The molecule has 146 valence electrons. The molecular formula is C25H18N2O2S. The van der Waals surface area contributed by atoms with Crippen LogP contribution in [0.5, 0.6) is 5.75 Å². The molecule has 5 heteroatoms. The topological polar surface area (TPSA) is 62.2 Å². The average Bonchev–Trinajstić information content (AvgIpc) is 3.17. The monoisotopic (exact) mass is 410 g/mol. The maximum absolute atomic E-state index is 12.5. The first-order chi connectivity index (χ1) is 14.7. The molecule has 5 rings (SSSR count). The van der Waals surface area contributed by atoms with Crippen molar-refractivity contribution >= 4 is 43.9 Å². The molecule has 1 heterocycles. The van der Waals surface area contributed by atoms with E-state index in [2.05, 4.69) is 16.4 Å². The average molecular weight is 410 g/mol. The van der Waals surface area contributed by atoms with Gasteiger partial charge in [0, 0.05) is 11.8 Å². The van der Waals surface area contributed by atoms with Crippen LogP contribution in [0.1, 0.15) is 5.56 Å². The molecule has 5 aromatic rings. The standard InChI is InChI=1S/C25H18N2O2S/c28-22-15-19(11-12-20(22)25-27-21-7-3-4-8-23(21)30-25)26-24(29)14-16-9-10-17-5-1-2-6-18(17)13-16/h1-13,15,28H,14H2,(H,26,29). The highest BCUT2D eigenvalue weighted by atomic mass is 32.1. The third-order valence-corrected chi connectivity index (χ3v) is 6.05. The highest BCUT2D eigenvalue weighted by molar-refractivity contribution is 7.21. The molecule has 0 aliphatic carbocycles. The van der Waals surface area contributed by atoms with E-state index in [9.17, 15) is 9.90 Å². The van der Waals surface area contributed by atoms with Crippen LogP contribution in [0.2, 0.25) is 0 Å². The van der Waals surface area contributed by atoms with Crippen molar-refractivity contribution in [2.45, 2.75) is 6.42 Å². The van der Waals surface area contributed by atoms with Gasteiger partial charge in [-0.05, 0) is 40.6 Å². The summed E-state index contributed by atoms with van der Waals surface area (Å²) in [6, 6.07) is 27.1. The van der Waals surface area contributed by atoms with Gasteiger partial charge in [-0.25, -0.2) is 4.98 Å². The molecule has 30 heavy (non-hydrogen) atoms. The number of aromatic hydroxyl groups is 1. The van der Waals surface area contributed by atoms with Crippen molar-refractivity contribution in [2.75, 3.05) is 5.32 Å². The number of hydrogen-bond donors (Lipinski definition) is 2. The van der Waals surface area contributed by atoms with Gasteiger partial charge in [-0.1, -0.05) is 54.6 Å². The Balaban J connectivity index is 1.33. The number of para-hydroxylation sites is 1. The Morgan fingerprint density at radius 2 is 1.70 bits per heavy atom. The number of anilines is 1. The predicted molar refractivity (Wildman–Crippen MR) is 123 cm³/mol. The number of nitrogens with one attached hydrogen (secondary N) is 1. The number of amides is 1. The lowest BCUT2D eigenvalue weighted by molar-refractivity contribution is -0.115. The quantitative estimate of drug-likeness (QED) is 0.382. The Morgan fingerprint density at radius 1 is 0.900 bits per heavy atom. The molecule has 1 amide bonds. The summed E-state index contributed by atoms with van der Waals surface area (Å²) in [5, 5.41) is 16.4. The summed E-state index contributed by atoms with van der Waals surface area (Å²) >= 11 is 1.53. The van der Waals surface area contributed by atoms with Crippen LogP contribution in [0, 0.1) is 0 Å². The van der Waals surface area contributed by atoms with Crippen LogP contribution in [0.15, 0.2) is 84.9 Å². The zero-order chi connectivity index (χ0) is 20.5. The first-order valence-corrected chi connectivity index (χ1v) is 10.4. The van der Waals surface area contributed by atoms with Crippen LogP contribution in [-0.4, -0.2) is 16.0 Å². The van der Waals surface area contributed by atoms with Gasteiger partial charge in [-0.3, -0.25) is 4.79 Å². The number of nitrogens with zero attached hydrogens (tertiary/aromatic N) is 1. The minimum Gasteiger partial charge on any atom is -0.507 e. The first kappa shape index (κ1) is 18.3. The fraction of sp³-hybridized carbons (Fsp3) is 0.0400. The van der Waals surface area contributed by atoms with Gasteiger partial charge in [0.25, 0.3) is 0 Å². The molecule has 0 spiro atoms. The third-order valence-electron chi connectivity index (χ3n) is 4.98. The van der Waals surface area contributed by atoms with Crippen LogP contribution in [-0.2, 0) is 11.2 Å². The van der Waals surface area contributed by atoms with E-state index in [4.69, 9.17) is 0 Å². The van der Waals surface area contributed by atoms with E-state index < -0.39 is 0 Å². The highest BCUT2D eigenvalue weighted by Crippen LogP contribution is 2.36. The van der Waals surface area contributed by atoms with E-state index in [-0.39, 0.29) is 18.1 Å². The lowest BCUT2D eigenvalue weighted by atomic mass is 10.0. The Labute approximate surface area is 177 Å². The molecule has 0 fully saturated rings. The van der Waals surface area contributed by atoms with Gasteiger partial charge in [0.2, 0.25) is 5.91 Å². The first-order valence-electron chi connectivity index (χ1n) is 9.62. The normalized spacial score (nSPS) is 11.1. The Bertz CT molecular complexity index is 1360. The van der Waals surface area contributed by atoms with E-state index in [0.29, 0.717) is 11.3 Å². The summed E-state index contributed by atoms with van der Waals surface area (Å²) < 4.78 is 1.07. The second-order valence-corrected chi connectivity index (χ2v) is 8.16. The molecule has 4 aromatic carbocycles. The van der Waals surface area contributed by atoms with Gasteiger partial charge >= 0.3 is 0 Å². The molecule has 0 atom stereocenters. The number of fused-ring (bicyclic) bond motifs is 2. The zero-order valence-corrected chi connectivity index (χ0v) is 16.8. The predicted octanol–water partition coefficient (Wildman–Crippen LogP) is 6.00. The third kappa shape index (κ3) is 3.63. The Hall–Kier alpha value is -3.70. The summed E-state index contributed by atoms with van der Waals surface area (Å²) in [5.41, 5.74) is 3.07. The lowest BCUT2D eigenvalue weighted by Crippen LogP contribution is -2.14. The van der Waals surface area contributed by atoms with Gasteiger partial charge in [0.1, 0.15) is 10.8 Å². The van der Waals surface area contributed by atoms with Crippen molar-refractivity contribution in [3.05, 3.63) is 90.5 Å². The van der Waals surface area contributed by atoms with Crippen molar-refractivity contribution in [3.8, 4) is 16.3 Å². The molecule has 0 aliphatic rings. The second kappa shape index (κ2) is 7.61. The highest BCUT2D eigenvalue weighted by Gasteiger charge is 2.12. The number of aromatic nitrogens is 1. The minimum absolute atomic E-state index is 0.0950.